The zero-order valence-electron chi connectivity index (χ0n) is 11.7. The van der Waals surface area contributed by atoms with Gasteiger partial charge in [-0.25, -0.2) is 0 Å². The van der Waals surface area contributed by atoms with Gasteiger partial charge in [0, 0.05) is 19.4 Å². The second kappa shape index (κ2) is 5.39. The first-order valence-corrected chi connectivity index (χ1v) is 6.93. The molecule has 4 heteroatoms. The van der Waals surface area contributed by atoms with E-state index in [1.54, 1.807) is 13.2 Å². The SMILES string of the molecule is COC1CC(O)C(c2ccc(O)c(O)c2)c2ccccc21. The summed E-state index contributed by atoms with van der Waals surface area (Å²) in [5.41, 5.74) is 2.83. The minimum atomic E-state index is -0.603. The van der Waals surface area contributed by atoms with E-state index in [1.165, 1.54) is 12.1 Å². The lowest BCUT2D eigenvalue weighted by atomic mass is 9.75. The maximum Gasteiger partial charge on any atom is 0.157 e. The molecule has 0 aliphatic heterocycles. The molecule has 2 aromatic carbocycles. The van der Waals surface area contributed by atoms with Gasteiger partial charge in [0.1, 0.15) is 0 Å². The predicted molar refractivity (Wildman–Crippen MR) is 78.4 cm³/mol. The Morgan fingerprint density at radius 1 is 1.00 bits per heavy atom. The summed E-state index contributed by atoms with van der Waals surface area (Å²) in [5.74, 6) is -0.572. The van der Waals surface area contributed by atoms with Crippen LogP contribution >= 0.6 is 0 Å². The Kier molecular flexibility index (Phi) is 3.57. The average Bonchev–Trinajstić information content (AvgIpc) is 2.49. The standard InChI is InChI=1S/C17H18O4/c1-21-16-9-15(20)17(12-5-3-2-4-11(12)16)10-6-7-13(18)14(19)8-10/h2-8,15-20H,9H2,1H3. The molecule has 0 saturated heterocycles. The number of hydrogen-bond acceptors (Lipinski definition) is 4. The van der Waals surface area contributed by atoms with E-state index in [0.717, 1.165) is 16.7 Å². The predicted octanol–water partition coefficient (Wildman–Crippen LogP) is 2.68. The Hall–Kier alpha value is -2.04. The highest BCUT2D eigenvalue weighted by molar-refractivity contribution is 5.48. The molecule has 2 aromatic rings. The lowest BCUT2D eigenvalue weighted by Gasteiger charge is -2.35. The van der Waals surface area contributed by atoms with Crippen LogP contribution in [0.5, 0.6) is 11.5 Å². The van der Waals surface area contributed by atoms with Gasteiger partial charge in [-0.1, -0.05) is 30.3 Å². The Morgan fingerprint density at radius 2 is 1.71 bits per heavy atom. The number of ether oxygens (including phenoxy) is 1. The van der Waals surface area contributed by atoms with Crippen molar-refractivity contribution in [2.75, 3.05) is 7.11 Å². The lowest BCUT2D eigenvalue weighted by molar-refractivity contribution is 0.0263. The fraction of sp³-hybridized carbons (Fsp3) is 0.294. The van der Waals surface area contributed by atoms with E-state index in [-0.39, 0.29) is 23.5 Å². The second-order valence-corrected chi connectivity index (χ2v) is 5.38. The third-order valence-corrected chi connectivity index (χ3v) is 4.16. The third kappa shape index (κ3) is 2.37. The first-order chi connectivity index (χ1) is 10.1. The van der Waals surface area contributed by atoms with Gasteiger partial charge in [-0.2, -0.15) is 0 Å². The van der Waals surface area contributed by atoms with Gasteiger partial charge in [0.15, 0.2) is 11.5 Å². The summed E-state index contributed by atoms with van der Waals surface area (Å²) in [7, 11) is 1.64. The van der Waals surface area contributed by atoms with Gasteiger partial charge in [0.25, 0.3) is 0 Å². The number of benzene rings is 2. The molecule has 4 nitrogen and oxygen atoms in total. The molecule has 0 saturated carbocycles. The van der Waals surface area contributed by atoms with E-state index in [0.29, 0.717) is 6.42 Å². The second-order valence-electron chi connectivity index (χ2n) is 5.38. The number of aromatic hydroxyl groups is 2. The van der Waals surface area contributed by atoms with Crippen LogP contribution in [-0.4, -0.2) is 28.5 Å². The first kappa shape index (κ1) is 13.9. The molecule has 21 heavy (non-hydrogen) atoms. The summed E-state index contributed by atoms with van der Waals surface area (Å²) in [6.07, 6.45) is -0.230. The van der Waals surface area contributed by atoms with Gasteiger partial charge in [0.2, 0.25) is 0 Å². The van der Waals surface area contributed by atoms with Crippen molar-refractivity contribution < 1.29 is 20.1 Å². The van der Waals surface area contributed by atoms with Gasteiger partial charge < -0.3 is 20.1 Å². The number of rotatable bonds is 2. The molecule has 1 aliphatic carbocycles. The zero-order chi connectivity index (χ0) is 15.0. The van der Waals surface area contributed by atoms with Crippen molar-refractivity contribution in [1.29, 1.82) is 0 Å². The van der Waals surface area contributed by atoms with Gasteiger partial charge in [-0.05, 0) is 28.8 Å². The topological polar surface area (TPSA) is 69.9 Å². The van der Waals surface area contributed by atoms with Crippen LogP contribution < -0.4 is 0 Å². The van der Waals surface area contributed by atoms with Crippen LogP contribution in [0.4, 0.5) is 0 Å². The van der Waals surface area contributed by atoms with Crippen molar-refractivity contribution in [2.45, 2.75) is 24.5 Å². The lowest BCUT2D eigenvalue weighted by Crippen LogP contribution is -2.29. The van der Waals surface area contributed by atoms with Crippen LogP contribution in [0.15, 0.2) is 42.5 Å². The summed E-state index contributed by atoms with van der Waals surface area (Å²) >= 11 is 0. The average molecular weight is 286 g/mol. The molecule has 3 N–H and O–H groups in total. The van der Waals surface area contributed by atoms with Gasteiger partial charge >= 0.3 is 0 Å². The quantitative estimate of drug-likeness (QED) is 0.742. The van der Waals surface area contributed by atoms with Crippen molar-refractivity contribution in [1.82, 2.24) is 0 Å². The molecule has 0 bridgehead atoms. The molecule has 0 spiro atoms. The summed E-state index contributed by atoms with van der Waals surface area (Å²) in [4.78, 5) is 0. The largest absolute Gasteiger partial charge is 0.504 e. The van der Waals surface area contributed by atoms with E-state index < -0.39 is 6.10 Å². The van der Waals surface area contributed by atoms with Crippen LogP contribution in [0.2, 0.25) is 0 Å². The minimum absolute atomic E-state index is 0.127. The van der Waals surface area contributed by atoms with Crippen LogP contribution in [-0.2, 0) is 4.74 Å². The Labute approximate surface area is 123 Å². The maximum atomic E-state index is 10.5. The van der Waals surface area contributed by atoms with Gasteiger partial charge in [0.05, 0.1) is 12.2 Å². The Bertz CT molecular complexity index is 653. The third-order valence-electron chi connectivity index (χ3n) is 4.16. The van der Waals surface area contributed by atoms with E-state index in [2.05, 4.69) is 0 Å². The Morgan fingerprint density at radius 3 is 2.38 bits per heavy atom. The highest BCUT2D eigenvalue weighted by Crippen LogP contribution is 2.43. The van der Waals surface area contributed by atoms with E-state index in [1.807, 2.05) is 24.3 Å². The molecule has 3 rings (SSSR count). The highest BCUT2D eigenvalue weighted by Gasteiger charge is 2.35. The minimum Gasteiger partial charge on any atom is -0.504 e. The van der Waals surface area contributed by atoms with Crippen LogP contribution in [0.1, 0.15) is 35.1 Å². The number of aliphatic hydroxyl groups is 1. The number of hydrogen-bond donors (Lipinski definition) is 3. The molecule has 0 aromatic heterocycles. The van der Waals surface area contributed by atoms with Crippen molar-refractivity contribution in [2.24, 2.45) is 0 Å². The number of phenols is 2. The summed E-state index contributed by atoms with van der Waals surface area (Å²) in [6, 6.07) is 12.5. The molecule has 3 atom stereocenters. The van der Waals surface area contributed by atoms with E-state index >= 15 is 0 Å². The smallest absolute Gasteiger partial charge is 0.157 e. The van der Waals surface area contributed by atoms with Crippen molar-refractivity contribution >= 4 is 0 Å². The fourth-order valence-corrected chi connectivity index (χ4v) is 3.14. The number of phenolic OH excluding ortho intramolecular Hbond substituents is 2. The monoisotopic (exact) mass is 286 g/mol. The fourth-order valence-electron chi connectivity index (χ4n) is 3.14. The highest BCUT2D eigenvalue weighted by atomic mass is 16.5. The van der Waals surface area contributed by atoms with Crippen molar-refractivity contribution in [3.05, 3.63) is 59.2 Å². The summed E-state index contributed by atoms with van der Waals surface area (Å²) < 4.78 is 5.47. The molecular formula is C17H18O4. The molecule has 0 radical (unpaired) electrons. The normalized spacial score (nSPS) is 24.6. The van der Waals surface area contributed by atoms with Gasteiger partial charge in [-0.15, -0.1) is 0 Å². The molecule has 3 unspecified atom stereocenters. The van der Waals surface area contributed by atoms with Crippen LogP contribution in [0, 0.1) is 0 Å². The molecule has 1 aliphatic rings. The summed E-state index contributed by atoms with van der Waals surface area (Å²) in [5, 5.41) is 29.7. The number of aliphatic hydroxyl groups excluding tert-OH is 1. The summed E-state index contributed by atoms with van der Waals surface area (Å²) in [6.45, 7) is 0. The van der Waals surface area contributed by atoms with Crippen molar-refractivity contribution in [3.8, 4) is 11.5 Å². The molecule has 110 valence electrons. The number of methoxy groups -OCH3 is 1. The Balaban J connectivity index is 2.11. The first-order valence-electron chi connectivity index (χ1n) is 6.93. The van der Waals surface area contributed by atoms with E-state index in [9.17, 15) is 15.3 Å². The maximum absolute atomic E-state index is 10.5. The molecule has 0 amide bonds. The molecular weight excluding hydrogens is 268 g/mol. The van der Waals surface area contributed by atoms with Crippen molar-refractivity contribution in [3.63, 3.8) is 0 Å². The zero-order valence-corrected chi connectivity index (χ0v) is 11.7. The van der Waals surface area contributed by atoms with E-state index in [4.69, 9.17) is 4.74 Å². The van der Waals surface area contributed by atoms with Crippen LogP contribution in [0.25, 0.3) is 0 Å². The van der Waals surface area contributed by atoms with Gasteiger partial charge in [-0.3, -0.25) is 0 Å². The van der Waals surface area contributed by atoms with Crippen LogP contribution in [0.3, 0.4) is 0 Å². The molecule has 0 fully saturated rings. The molecule has 0 heterocycles. The number of fused-ring (bicyclic) bond motifs is 1.